The van der Waals surface area contributed by atoms with E-state index in [2.05, 4.69) is 33.9 Å². The Kier molecular flexibility index (Phi) is 3.45. The van der Waals surface area contributed by atoms with E-state index >= 15 is 0 Å². The molecule has 0 aliphatic rings. The summed E-state index contributed by atoms with van der Waals surface area (Å²) in [4.78, 5) is 0. The van der Waals surface area contributed by atoms with Crippen molar-refractivity contribution < 1.29 is 4.43 Å². The molecule has 0 bridgehead atoms. The molecule has 0 atom stereocenters. The summed E-state index contributed by atoms with van der Waals surface area (Å²) in [6, 6.07) is 0. The van der Waals surface area contributed by atoms with Crippen LogP contribution in [0.5, 0.6) is 0 Å². The SMILES string of the molecule is CC(C)(C)[Si](C)(C)OCC=N. The molecule has 0 heterocycles. The fraction of sp³-hybridized carbons (Fsp3) is 0.875. The summed E-state index contributed by atoms with van der Waals surface area (Å²) >= 11 is 0. The summed E-state index contributed by atoms with van der Waals surface area (Å²) in [5.74, 6) is 0. The minimum Gasteiger partial charge on any atom is -0.412 e. The van der Waals surface area contributed by atoms with Crippen LogP contribution in [0, 0.1) is 5.41 Å². The lowest BCUT2D eigenvalue weighted by molar-refractivity contribution is 0.343. The molecule has 0 unspecified atom stereocenters. The van der Waals surface area contributed by atoms with Crippen LogP contribution in [-0.2, 0) is 4.43 Å². The highest BCUT2D eigenvalue weighted by Crippen LogP contribution is 2.36. The molecule has 0 rings (SSSR count). The third-order valence-electron chi connectivity index (χ3n) is 2.33. The predicted octanol–water partition coefficient (Wildman–Crippen LogP) is 2.66. The summed E-state index contributed by atoms with van der Waals surface area (Å²) in [6.07, 6.45) is 1.32. The van der Waals surface area contributed by atoms with E-state index in [1.54, 1.807) is 0 Å². The van der Waals surface area contributed by atoms with Crippen LogP contribution < -0.4 is 0 Å². The Morgan fingerprint density at radius 1 is 1.36 bits per heavy atom. The lowest BCUT2D eigenvalue weighted by Gasteiger charge is -2.35. The zero-order valence-electron chi connectivity index (χ0n) is 8.19. The first-order valence-electron chi connectivity index (χ1n) is 3.94. The van der Waals surface area contributed by atoms with Crippen LogP contribution in [0.15, 0.2) is 0 Å². The molecule has 0 radical (unpaired) electrons. The van der Waals surface area contributed by atoms with Crippen LogP contribution in [0.25, 0.3) is 0 Å². The Morgan fingerprint density at radius 2 is 1.82 bits per heavy atom. The molecule has 0 saturated heterocycles. The predicted molar refractivity (Wildman–Crippen MR) is 51.9 cm³/mol. The molecule has 0 amide bonds. The van der Waals surface area contributed by atoms with Crippen LogP contribution in [0.3, 0.4) is 0 Å². The molecule has 0 saturated carbocycles. The van der Waals surface area contributed by atoms with Gasteiger partial charge in [-0.25, -0.2) is 0 Å². The van der Waals surface area contributed by atoms with Gasteiger partial charge in [-0.2, -0.15) is 0 Å². The molecule has 0 aliphatic carbocycles. The molecule has 0 fully saturated rings. The van der Waals surface area contributed by atoms with Crippen molar-refractivity contribution in [3.8, 4) is 0 Å². The highest BCUT2D eigenvalue weighted by molar-refractivity contribution is 6.74. The molecular weight excluding hydrogens is 154 g/mol. The number of nitrogens with one attached hydrogen (secondary N) is 1. The topological polar surface area (TPSA) is 33.1 Å². The van der Waals surface area contributed by atoms with E-state index in [0.717, 1.165) is 0 Å². The largest absolute Gasteiger partial charge is 0.412 e. The molecule has 66 valence electrons. The Labute approximate surface area is 70.6 Å². The van der Waals surface area contributed by atoms with Crippen LogP contribution in [-0.4, -0.2) is 21.1 Å². The first-order chi connectivity index (χ1) is 4.81. The van der Waals surface area contributed by atoms with Gasteiger partial charge in [0.1, 0.15) is 0 Å². The van der Waals surface area contributed by atoms with Crippen molar-refractivity contribution in [3.63, 3.8) is 0 Å². The van der Waals surface area contributed by atoms with E-state index in [0.29, 0.717) is 6.61 Å². The van der Waals surface area contributed by atoms with Crippen molar-refractivity contribution in [1.82, 2.24) is 0 Å². The third kappa shape index (κ3) is 3.16. The standard InChI is InChI=1S/C8H19NOSi/c1-8(2,3)11(4,5)10-7-6-9/h6,9H,7H2,1-5H3. The third-order valence-corrected chi connectivity index (χ3v) is 6.83. The van der Waals surface area contributed by atoms with Crippen molar-refractivity contribution in [2.75, 3.05) is 6.61 Å². The van der Waals surface area contributed by atoms with Crippen LogP contribution in [0.4, 0.5) is 0 Å². The van der Waals surface area contributed by atoms with E-state index in [1.165, 1.54) is 6.21 Å². The van der Waals surface area contributed by atoms with Crippen LogP contribution in [0.2, 0.25) is 18.1 Å². The summed E-state index contributed by atoms with van der Waals surface area (Å²) in [6.45, 7) is 11.4. The summed E-state index contributed by atoms with van der Waals surface area (Å²) in [5, 5.41) is 7.12. The van der Waals surface area contributed by atoms with E-state index in [9.17, 15) is 0 Å². The molecular formula is C8H19NOSi. The quantitative estimate of drug-likeness (QED) is 0.516. The van der Waals surface area contributed by atoms with Crippen LogP contribution in [0.1, 0.15) is 20.8 Å². The minimum atomic E-state index is -1.58. The second kappa shape index (κ2) is 3.50. The van der Waals surface area contributed by atoms with Gasteiger partial charge >= 0.3 is 0 Å². The maximum atomic E-state index is 6.86. The minimum absolute atomic E-state index is 0.260. The molecule has 0 aromatic rings. The number of hydrogen-bond donors (Lipinski definition) is 1. The molecule has 0 spiro atoms. The van der Waals surface area contributed by atoms with Gasteiger partial charge < -0.3 is 9.84 Å². The van der Waals surface area contributed by atoms with E-state index in [4.69, 9.17) is 9.84 Å². The van der Waals surface area contributed by atoms with E-state index in [-0.39, 0.29) is 5.04 Å². The molecule has 0 aromatic heterocycles. The zero-order chi connectivity index (χ0) is 9.12. The van der Waals surface area contributed by atoms with Crippen molar-refractivity contribution >= 4 is 14.5 Å². The normalized spacial score (nSPS) is 13.2. The lowest BCUT2D eigenvalue weighted by atomic mass is 10.2. The first kappa shape index (κ1) is 10.8. The Balaban J connectivity index is 4.10. The lowest BCUT2D eigenvalue weighted by Crippen LogP contribution is -2.41. The van der Waals surface area contributed by atoms with Crippen molar-refractivity contribution in [3.05, 3.63) is 0 Å². The van der Waals surface area contributed by atoms with E-state index in [1.807, 2.05) is 0 Å². The van der Waals surface area contributed by atoms with Gasteiger partial charge in [0.05, 0.1) is 6.61 Å². The fourth-order valence-electron chi connectivity index (χ4n) is 0.467. The molecule has 11 heavy (non-hydrogen) atoms. The van der Waals surface area contributed by atoms with Gasteiger partial charge in [0.2, 0.25) is 0 Å². The maximum Gasteiger partial charge on any atom is 0.192 e. The Morgan fingerprint density at radius 3 is 2.09 bits per heavy atom. The van der Waals surface area contributed by atoms with E-state index < -0.39 is 8.32 Å². The second-order valence-corrected chi connectivity index (χ2v) is 9.08. The number of hydrogen-bond acceptors (Lipinski definition) is 2. The molecule has 1 N–H and O–H groups in total. The maximum absolute atomic E-state index is 6.86. The van der Waals surface area contributed by atoms with Crippen molar-refractivity contribution in [1.29, 1.82) is 5.41 Å². The summed E-state index contributed by atoms with van der Waals surface area (Å²) in [7, 11) is -1.58. The van der Waals surface area contributed by atoms with Gasteiger partial charge in [-0.3, -0.25) is 0 Å². The summed E-state index contributed by atoms with van der Waals surface area (Å²) < 4.78 is 5.64. The smallest absolute Gasteiger partial charge is 0.192 e. The van der Waals surface area contributed by atoms with Gasteiger partial charge in [0.15, 0.2) is 8.32 Å². The van der Waals surface area contributed by atoms with Gasteiger partial charge in [-0.05, 0) is 18.1 Å². The van der Waals surface area contributed by atoms with Gasteiger partial charge in [-0.1, -0.05) is 20.8 Å². The number of rotatable bonds is 3. The Hall–Kier alpha value is -0.153. The zero-order valence-corrected chi connectivity index (χ0v) is 9.19. The monoisotopic (exact) mass is 173 g/mol. The summed E-state index contributed by atoms with van der Waals surface area (Å²) in [5.41, 5.74) is 0. The van der Waals surface area contributed by atoms with Gasteiger partial charge in [0.25, 0.3) is 0 Å². The van der Waals surface area contributed by atoms with Crippen LogP contribution >= 0.6 is 0 Å². The Bertz CT molecular complexity index is 138. The van der Waals surface area contributed by atoms with Gasteiger partial charge in [-0.15, -0.1) is 0 Å². The fourth-order valence-corrected chi connectivity index (χ4v) is 1.40. The van der Waals surface area contributed by atoms with Gasteiger partial charge in [0, 0.05) is 6.21 Å². The molecule has 3 heteroatoms. The molecule has 0 aliphatic heterocycles. The highest BCUT2D eigenvalue weighted by atomic mass is 28.4. The first-order valence-corrected chi connectivity index (χ1v) is 6.85. The highest BCUT2D eigenvalue weighted by Gasteiger charge is 2.36. The molecule has 2 nitrogen and oxygen atoms in total. The second-order valence-electron chi connectivity index (χ2n) is 4.28. The molecule has 0 aromatic carbocycles. The van der Waals surface area contributed by atoms with Crippen molar-refractivity contribution in [2.45, 2.75) is 38.9 Å². The average Bonchev–Trinajstić information content (AvgIpc) is 1.81. The van der Waals surface area contributed by atoms with Crippen molar-refractivity contribution in [2.24, 2.45) is 0 Å². The average molecular weight is 173 g/mol.